The van der Waals surface area contributed by atoms with Crippen molar-refractivity contribution in [2.24, 2.45) is 0 Å². The fourth-order valence-electron chi connectivity index (χ4n) is 0.902. The van der Waals surface area contributed by atoms with E-state index in [9.17, 15) is 0 Å². The molecule has 0 heterocycles. The molecule has 2 heteroatoms. The maximum Gasteiger partial charge on any atom is -0.147 e. The van der Waals surface area contributed by atoms with E-state index in [1.807, 2.05) is 0 Å². The van der Waals surface area contributed by atoms with E-state index in [2.05, 4.69) is 31.2 Å². The third kappa shape index (κ3) is 2.40. The minimum Gasteiger partial charge on any atom is -0.147 e. The molecule has 0 fully saturated rings. The van der Waals surface area contributed by atoms with Crippen molar-refractivity contribution in [3.8, 4) is 0 Å². The molecule has 0 spiro atoms. The Balaban J connectivity index is 0.000000810. The standard InChI is InChI=1S/C8H9.ClH.Zn/c1-2-8-6-4-3-5-7-8;;/h3-6H,2H2,1H3;1H;. The third-order valence-electron chi connectivity index (χ3n) is 1.50. The molecule has 1 aromatic rings. The predicted octanol–water partition coefficient (Wildman–Crippen LogP) is 1.84. The minimum absolute atomic E-state index is 0. The maximum absolute atomic E-state index is 2.21. The van der Waals surface area contributed by atoms with Gasteiger partial charge in [0.05, 0.1) is 0 Å². The Bertz CT molecular complexity index is 198. The molecule has 0 aliphatic heterocycles. The van der Waals surface area contributed by atoms with E-state index < -0.39 is 0 Å². The van der Waals surface area contributed by atoms with E-state index in [4.69, 9.17) is 0 Å². The van der Waals surface area contributed by atoms with Crippen molar-refractivity contribution in [2.75, 3.05) is 0 Å². The topological polar surface area (TPSA) is 0 Å². The predicted molar refractivity (Wildman–Crippen MR) is 42.7 cm³/mol. The number of rotatable bonds is 1. The molecule has 51 valence electrons. The van der Waals surface area contributed by atoms with Crippen LogP contribution in [0.4, 0.5) is 0 Å². The van der Waals surface area contributed by atoms with E-state index in [-0.39, 0.29) is 12.4 Å². The summed E-state index contributed by atoms with van der Waals surface area (Å²) in [6, 6.07) is 8.63. The van der Waals surface area contributed by atoms with Gasteiger partial charge in [-0.3, -0.25) is 0 Å². The van der Waals surface area contributed by atoms with Gasteiger partial charge >= 0.3 is 65.6 Å². The van der Waals surface area contributed by atoms with Crippen LogP contribution >= 0.6 is 12.4 Å². The number of benzene rings is 1. The Kier molecular flexibility index (Phi) is 4.94. The Morgan fingerprint density at radius 2 is 1.90 bits per heavy atom. The summed E-state index contributed by atoms with van der Waals surface area (Å²) in [5, 5.41) is 0. The van der Waals surface area contributed by atoms with Crippen LogP contribution < -0.4 is 4.16 Å². The van der Waals surface area contributed by atoms with Crippen molar-refractivity contribution in [3.63, 3.8) is 0 Å². The average molecular weight is 207 g/mol. The third-order valence-corrected chi connectivity index (χ3v) is 2.95. The summed E-state index contributed by atoms with van der Waals surface area (Å²) in [7, 11) is 0. The first-order chi connectivity index (χ1) is 4.34. The molecule has 0 nitrogen and oxygen atoms in total. The van der Waals surface area contributed by atoms with Crippen LogP contribution in [0.3, 0.4) is 0 Å². The molecular weight excluding hydrogens is 197 g/mol. The first-order valence-corrected chi connectivity index (χ1v) is 4.73. The Morgan fingerprint density at radius 1 is 1.30 bits per heavy atom. The zero-order valence-corrected chi connectivity index (χ0v) is 9.92. The molecule has 1 aromatic carbocycles. The summed E-state index contributed by atoms with van der Waals surface area (Å²) in [5.41, 5.74) is 1.51. The molecule has 0 amide bonds. The smallest absolute Gasteiger partial charge is 0.147 e. The molecule has 0 saturated carbocycles. The van der Waals surface area contributed by atoms with Gasteiger partial charge in [0.25, 0.3) is 0 Å². The van der Waals surface area contributed by atoms with Crippen LogP contribution in [0.5, 0.6) is 0 Å². The van der Waals surface area contributed by atoms with Crippen LogP contribution in [-0.2, 0) is 24.7 Å². The zero-order valence-electron chi connectivity index (χ0n) is 6.13. The molecule has 10 heavy (non-hydrogen) atoms. The number of halogens is 1. The van der Waals surface area contributed by atoms with Gasteiger partial charge in [0.1, 0.15) is 0 Å². The molecule has 0 atom stereocenters. The fourth-order valence-corrected chi connectivity index (χ4v) is 1.96. The van der Waals surface area contributed by atoms with Crippen LogP contribution in [0.25, 0.3) is 0 Å². The van der Waals surface area contributed by atoms with Crippen molar-refractivity contribution >= 4 is 16.6 Å². The van der Waals surface area contributed by atoms with Crippen molar-refractivity contribution in [3.05, 3.63) is 29.8 Å². The summed E-state index contributed by atoms with van der Waals surface area (Å²) >= 11 is 1.28. The molecular formula is C8H10ClZn. The van der Waals surface area contributed by atoms with Gasteiger partial charge in [-0.15, -0.1) is 12.4 Å². The van der Waals surface area contributed by atoms with Gasteiger partial charge in [0.15, 0.2) is 0 Å². The van der Waals surface area contributed by atoms with Crippen LogP contribution in [-0.4, -0.2) is 0 Å². The zero-order chi connectivity index (χ0) is 6.69. The molecule has 0 aliphatic rings. The van der Waals surface area contributed by atoms with Gasteiger partial charge in [0.2, 0.25) is 0 Å². The van der Waals surface area contributed by atoms with Gasteiger partial charge < -0.3 is 0 Å². The molecule has 0 N–H and O–H groups in total. The van der Waals surface area contributed by atoms with E-state index in [0.717, 1.165) is 0 Å². The normalized spacial score (nSPS) is 8.70. The molecule has 0 unspecified atom stereocenters. The molecule has 0 saturated heterocycles. The summed E-state index contributed by atoms with van der Waals surface area (Å²) in [5.74, 6) is 0. The van der Waals surface area contributed by atoms with Gasteiger partial charge in [-0.1, -0.05) is 0 Å². The van der Waals surface area contributed by atoms with Crippen LogP contribution in [0.1, 0.15) is 12.5 Å². The van der Waals surface area contributed by atoms with Crippen molar-refractivity contribution < 1.29 is 18.3 Å². The number of aryl methyl sites for hydroxylation is 1. The van der Waals surface area contributed by atoms with Crippen molar-refractivity contribution in [1.29, 1.82) is 0 Å². The number of hydrogen-bond donors (Lipinski definition) is 0. The van der Waals surface area contributed by atoms with Crippen LogP contribution in [0.15, 0.2) is 24.3 Å². The van der Waals surface area contributed by atoms with Crippen LogP contribution in [0.2, 0.25) is 0 Å². The Morgan fingerprint density at radius 3 is 2.30 bits per heavy atom. The summed E-state index contributed by atoms with van der Waals surface area (Å²) in [4.78, 5) is 0. The second kappa shape index (κ2) is 4.87. The average Bonchev–Trinajstić information content (AvgIpc) is 1.89. The second-order valence-electron chi connectivity index (χ2n) is 2.12. The van der Waals surface area contributed by atoms with Gasteiger partial charge in [0, 0.05) is 0 Å². The molecule has 0 aromatic heterocycles. The van der Waals surface area contributed by atoms with Gasteiger partial charge in [-0.05, 0) is 0 Å². The van der Waals surface area contributed by atoms with Crippen LogP contribution in [0, 0.1) is 0 Å². The quantitative estimate of drug-likeness (QED) is 0.616. The maximum atomic E-state index is 2.21. The minimum atomic E-state index is 0. The van der Waals surface area contributed by atoms with Gasteiger partial charge in [-0.2, -0.15) is 0 Å². The largest absolute Gasteiger partial charge is 0.147 e. The van der Waals surface area contributed by atoms with Crippen molar-refractivity contribution in [1.82, 2.24) is 0 Å². The Hall–Kier alpha value is 0.133. The summed E-state index contributed by atoms with van der Waals surface area (Å²) < 4.78 is 1.53. The van der Waals surface area contributed by atoms with E-state index in [0.29, 0.717) is 0 Å². The number of hydrogen-bond acceptors (Lipinski definition) is 0. The monoisotopic (exact) mass is 205 g/mol. The fraction of sp³-hybridized carbons (Fsp3) is 0.250. The molecule has 0 radical (unpaired) electrons. The van der Waals surface area contributed by atoms with E-state index >= 15 is 0 Å². The van der Waals surface area contributed by atoms with E-state index in [1.165, 1.54) is 34.4 Å². The second-order valence-corrected chi connectivity index (χ2v) is 3.72. The first kappa shape index (κ1) is 10.1. The van der Waals surface area contributed by atoms with E-state index in [1.54, 1.807) is 0 Å². The Labute approximate surface area is 78.1 Å². The molecule has 0 bridgehead atoms. The first-order valence-electron chi connectivity index (χ1n) is 3.24. The summed E-state index contributed by atoms with van der Waals surface area (Å²) in [6.07, 6.45) is 1.18. The van der Waals surface area contributed by atoms with Crippen molar-refractivity contribution in [2.45, 2.75) is 13.3 Å². The molecule has 0 aliphatic carbocycles. The SMILES string of the molecule is CCc1cccc[c]1[Zn].Cl. The van der Waals surface area contributed by atoms with Gasteiger partial charge in [-0.25, -0.2) is 0 Å². The molecule has 1 rings (SSSR count). The summed E-state index contributed by atoms with van der Waals surface area (Å²) in [6.45, 7) is 2.20.